The number of aromatic amines is 2. The maximum atomic E-state index is 15.1. The van der Waals surface area contributed by atoms with E-state index in [0.29, 0.717) is 52.1 Å². The highest BCUT2D eigenvalue weighted by atomic mass is 32.2. The summed E-state index contributed by atoms with van der Waals surface area (Å²) in [5.74, 6) is -1.66. The molecule has 0 aliphatic carbocycles. The summed E-state index contributed by atoms with van der Waals surface area (Å²) in [6.45, 7) is 11.2. The summed E-state index contributed by atoms with van der Waals surface area (Å²) in [4.78, 5) is 35.6. The summed E-state index contributed by atoms with van der Waals surface area (Å²) in [6, 6.07) is 8.39. The SMILES string of the molecule is CCCS(=O)(=O)Nc1cccc(C(=O)c2c[nH]c3ncnc(NC(C)C)c23)c1F.CCCS(=O)(=O)Nc1cccc(C(O)c2c[nH]c3ncnc(NC(C)C)c23)c1F. The van der Waals surface area contributed by atoms with E-state index < -0.39 is 43.6 Å². The normalized spacial score (nSPS) is 12.4. The molecule has 0 saturated carbocycles. The summed E-state index contributed by atoms with van der Waals surface area (Å²) >= 11 is 0. The number of hydrogen-bond donors (Lipinski definition) is 7. The number of benzene rings is 2. The van der Waals surface area contributed by atoms with E-state index in [4.69, 9.17) is 0 Å². The van der Waals surface area contributed by atoms with Gasteiger partial charge in [-0.2, -0.15) is 0 Å². The van der Waals surface area contributed by atoms with Crippen molar-refractivity contribution >= 4 is 70.9 Å². The molecule has 0 fully saturated rings. The fourth-order valence-corrected chi connectivity index (χ4v) is 8.29. The Morgan fingerprint density at radius 1 is 0.690 bits per heavy atom. The fourth-order valence-electron chi connectivity index (χ4n) is 6.02. The van der Waals surface area contributed by atoms with Crippen molar-refractivity contribution in [3.05, 3.63) is 95.3 Å². The van der Waals surface area contributed by atoms with Crippen molar-refractivity contribution < 1.29 is 35.5 Å². The van der Waals surface area contributed by atoms with Gasteiger partial charge in [-0.15, -0.1) is 0 Å². The predicted octanol–water partition coefficient (Wildman–Crippen LogP) is 6.45. The van der Waals surface area contributed by atoms with Crippen molar-refractivity contribution in [2.45, 2.75) is 72.6 Å². The number of H-pyrrole nitrogens is 2. The van der Waals surface area contributed by atoms with Gasteiger partial charge in [0, 0.05) is 35.6 Å². The van der Waals surface area contributed by atoms with Crippen LogP contribution in [-0.4, -0.2) is 81.2 Å². The second-order valence-electron chi connectivity index (χ2n) is 13.9. The van der Waals surface area contributed by atoms with Gasteiger partial charge in [-0.05, 0) is 58.7 Å². The number of nitrogens with one attached hydrogen (secondary N) is 6. The fraction of sp³-hybridized carbons (Fsp3) is 0.342. The molecule has 16 nitrogen and oxygen atoms in total. The molecule has 0 aliphatic heterocycles. The highest BCUT2D eigenvalue weighted by Crippen LogP contribution is 2.35. The van der Waals surface area contributed by atoms with Gasteiger partial charge in [0.1, 0.15) is 41.7 Å². The number of carbonyl (C=O) groups excluding carboxylic acids is 1. The number of ketones is 1. The molecular formula is C38H46F2N10O6S2. The number of nitrogens with zero attached hydrogens (tertiary/aromatic N) is 4. The smallest absolute Gasteiger partial charge is 0.232 e. The van der Waals surface area contributed by atoms with E-state index in [1.54, 1.807) is 20.0 Å². The molecule has 0 bridgehead atoms. The molecule has 58 heavy (non-hydrogen) atoms. The lowest BCUT2D eigenvalue weighted by Crippen LogP contribution is -2.18. The molecule has 0 radical (unpaired) electrons. The zero-order chi connectivity index (χ0) is 42.4. The molecule has 4 aromatic heterocycles. The molecule has 6 aromatic rings. The van der Waals surface area contributed by atoms with Crippen LogP contribution in [0.5, 0.6) is 0 Å². The van der Waals surface area contributed by atoms with Gasteiger partial charge in [0.15, 0.2) is 17.4 Å². The van der Waals surface area contributed by atoms with Crippen molar-refractivity contribution in [3.63, 3.8) is 0 Å². The summed E-state index contributed by atoms with van der Waals surface area (Å²) in [5.41, 5.74) is 0.744. The van der Waals surface area contributed by atoms with E-state index in [1.807, 2.05) is 27.7 Å². The van der Waals surface area contributed by atoms with Gasteiger partial charge in [-0.3, -0.25) is 14.2 Å². The minimum absolute atomic E-state index is 0.0538. The highest BCUT2D eigenvalue weighted by Gasteiger charge is 2.26. The zero-order valence-electron chi connectivity index (χ0n) is 32.7. The van der Waals surface area contributed by atoms with Gasteiger partial charge in [0.05, 0.1) is 44.8 Å². The average Bonchev–Trinajstić information content (AvgIpc) is 3.79. The van der Waals surface area contributed by atoms with Crippen molar-refractivity contribution in [2.24, 2.45) is 0 Å². The second-order valence-corrected chi connectivity index (χ2v) is 17.6. The Morgan fingerprint density at radius 3 is 1.74 bits per heavy atom. The molecule has 6 rings (SSSR count). The number of aromatic nitrogens is 6. The number of aliphatic hydroxyl groups is 1. The third-order valence-electron chi connectivity index (χ3n) is 8.40. The van der Waals surface area contributed by atoms with Gasteiger partial charge in [-0.25, -0.2) is 45.6 Å². The Kier molecular flexibility index (Phi) is 13.6. The van der Waals surface area contributed by atoms with Gasteiger partial charge in [0.25, 0.3) is 0 Å². The lowest BCUT2D eigenvalue weighted by molar-refractivity contribution is 0.103. The van der Waals surface area contributed by atoms with E-state index in [9.17, 15) is 31.1 Å². The lowest BCUT2D eigenvalue weighted by atomic mass is 10.0. The maximum absolute atomic E-state index is 15.1. The summed E-state index contributed by atoms with van der Waals surface area (Å²) in [6.07, 6.45) is 5.18. The highest BCUT2D eigenvalue weighted by molar-refractivity contribution is 7.92. The second kappa shape index (κ2) is 18.2. The molecule has 20 heteroatoms. The van der Waals surface area contributed by atoms with Crippen molar-refractivity contribution in [3.8, 4) is 0 Å². The Bertz CT molecular complexity index is 2630. The predicted molar refractivity (Wildman–Crippen MR) is 221 cm³/mol. The van der Waals surface area contributed by atoms with Crippen LogP contribution in [0.25, 0.3) is 22.1 Å². The molecule has 2 aromatic carbocycles. The largest absolute Gasteiger partial charge is 0.383 e. The molecule has 1 atom stereocenters. The molecule has 0 saturated heterocycles. The topological polar surface area (TPSA) is 237 Å². The third-order valence-corrected chi connectivity index (χ3v) is 11.4. The Labute approximate surface area is 334 Å². The van der Waals surface area contributed by atoms with E-state index in [2.05, 4.69) is 50.0 Å². The van der Waals surface area contributed by atoms with Crippen LogP contribution in [0.1, 0.15) is 87.5 Å². The van der Waals surface area contributed by atoms with Gasteiger partial charge >= 0.3 is 0 Å². The molecule has 0 aliphatic rings. The van der Waals surface area contributed by atoms with Gasteiger partial charge < -0.3 is 25.7 Å². The number of carbonyl (C=O) groups is 1. The van der Waals surface area contributed by atoms with Crippen LogP contribution in [0.2, 0.25) is 0 Å². The molecule has 0 spiro atoms. The minimum Gasteiger partial charge on any atom is -0.383 e. The van der Waals surface area contributed by atoms with Crippen LogP contribution >= 0.6 is 0 Å². The summed E-state index contributed by atoms with van der Waals surface area (Å²) in [5, 5.41) is 18.2. The van der Waals surface area contributed by atoms with E-state index >= 15 is 4.39 Å². The van der Waals surface area contributed by atoms with Crippen LogP contribution < -0.4 is 20.1 Å². The van der Waals surface area contributed by atoms with Crippen LogP contribution in [0.3, 0.4) is 0 Å². The lowest BCUT2D eigenvalue weighted by Gasteiger charge is -2.16. The van der Waals surface area contributed by atoms with Crippen molar-refractivity contribution in [2.75, 3.05) is 31.6 Å². The first-order chi connectivity index (χ1) is 27.5. The number of hydrogen-bond acceptors (Lipinski definition) is 12. The summed E-state index contributed by atoms with van der Waals surface area (Å²) in [7, 11) is -7.36. The minimum atomic E-state index is -3.70. The average molecular weight is 841 g/mol. The zero-order valence-corrected chi connectivity index (χ0v) is 34.3. The monoisotopic (exact) mass is 840 g/mol. The number of sulfonamides is 2. The Balaban J connectivity index is 0.000000221. The van der Waals surface area contributed by atoms with Gasteiger partial charge in [-0.1, -0.05) is 32.0 Å². The van der Waals surface area contributed by atoms with E-state index in [-0.39, 0.29) is 51.7 Å². The Hall–Kier alpha value is -5.73. The number of aliphatic hydroxyl groups excluding tert-OH is 1. The van der Waals surface area contributed by atoms with Gasteiger partial charge in [0.2, 0.25) is 20.0 Å². The first kappa shape index (κ1) is 43.4. The molecule has 4 heterocycles. The van der Waals surface area contributed by atoms with Crippen molar-refractivity contribution in [1.82, 2.24) is 29.9 Å². The number of anilines is 4. The first-order valence-corrected chi connectivity index (χ1v) is 21.7. The maximum Gasteiger partial charge on any atom is 0.232 e. The van der Waals surface area contributed by atoms with E-state index in [0.717, 1.165) is 0 Å². The van der Waals surface area contributed by atoms with Crippen LogP contribution in [0.15, 0.2) is 61.4 Å². The van der Waals surface area contributed by atoms with E-state index in [1.165, 1.54) is 55.2 Å². The van der Waals surface area contributed by atoms with Crippen LogP contribution in [-0.2, 0) is 20.0 Å². The van der Waals surface area contributed by atoms with Crippen LogP contribution in [0, 0.1) is 11.6 Å². The number of rotatable bonds is 16. The van der Waals surface area contributed by atoms with Crippen molar-refractivity contribution in [1.29, 1.82) is 0 Å². The molecule has 7 N–H and O–H groups in total. The number of fused-ring (bicyclic) bond motifs is 2. The molecule has 310 valence electrons. The molecule has 0 amide bonds. The number of halogens is 2. The Morgan fingerprint density at radius 2 is 1.19 bits per heavy atom. The molecule has 1 unspecified atom stereocenters. The quantitative estimate of drug-likeness (QED) is 0.0521. The first-order valence-electron chi connectivity index (χ1n) is 18.4. The third kappa shape index (κ3) is 10.0. The standard InChI is InChI=1S/C19H24FN5O3S.C19H22FN5O3S/c2*1-4-8-29(27,28)25-14-7-5-6-12(16(14)20)17(26)13-9-21-18-15(13)19(23-10-22-18)24-11(2)3/h5-7,9-11,17,25-26H,4,8H2,1-3H3,(H2,21,22,23,24);5-7,9-11,25H,4,8H2,1-3H3,(H2,21,22,23,24). The molecular weight excluding hydrogens is 795 g/mol. The summed E-state index contributed by atoms with van der Waals surface area (Å²) < 4.78 is 82.5. The van der Waals surface area contributed by atoms with Crippen LogP contribution in [0.4, 0.5) is 31.8 Å².